The molecule has 0 aliphatic heterocycles. The molecule has 0 aromatic carbocycles. The lowest BCUT2D eigenvalue weighted by Gasteiger charge is -1.98. The average Bonchev–Trinajstić information content (AvgIpc) is 2.76. The molecule has 0 unspecified atom stereocenters. The van der Waals surface area contributed by atoms with Gasteiger partial charge in [0.05, 0.1) is 0 Å². The van der Waals surface area contributed by atoms with Gasteiger partial charge in [0.25, 0.3) is 0 Å². The van der Waals surface area contributed by atoms with Crippen molar-refractivity contribution in [1.82, 2.24) is 0 Å². The molecule has 0 bridgehead atoms. The van der Waals surface area contributed by atoms with E-state index >= 15 is 0 Å². The second-order valence-electron chi connectivity index (χ2n) is 7.97. The minimum absolute atomic E-state index is 0.195. The molecule has 0 saturated carbocycles. The standard InChI is InChI=1S/2C10H18O4.C4H10O2/c2*11-9(12)7-5-3-1-2-4-6-8-10(13)14;5-3-1-2-4-6/h2*1-8H2,(H,11,12)(H,13,14);5-6H,1-4H2. The van der Waals surface area contributed by atoms with Gasteiger partial charge in [0, 0.05) is 38.9 Å². The molecule has 0 aliphatic carbocycles. The number of aliphatic hydroxyl groups excluding tert-OH is 2. The second kappa shape index (κ2) is 30.8. The number of carboxylic acids is 4. The van der Waals surface area contributed by atoms with Gasteiger partial charge in [-0.3, -0.25) is 19.2 Å². The molecular formula is C24H46O10. The van der Waals surface area contributed by atoms with Crippen LogP contribution in [-0.2, 0) is 19.2 Å². The third-order valence-corrected chi connectivity index (χ3v) is 4.63. The number of hydrogen-bond donors (Lipinski definition) is 6. The van der Waals surface area contributed by atoms with Crippen LogP contribution in [0.25, 0.3) is 0 Å². The van der Waals surface area contributed by atoms with E-state index in [2.05, 4.69) is 0 Å². The maximum atomic E-state index is 10.1. The highest BCUT2D eigenvalue weighted by Crippen LogP contribution is 2.09. The molecule has 0 amide bonds. The Balaban J connectivity index is -0.000000458. The smallest absolute Gasteiger partial charge is 0.303 e. The lowest BCUT2D eigenvalue weighted by Crippen LogP contribution is -1.94. The van der Waals surface area contributed by atoms with Crippen molar-refractivity contribution in [3.8, 4) is 0 Å². The predicted molar refractivity (Wildman–Crippen MR) is 128 cm³/mol. The number of carboxylic acid groups (broad SMARTS) is 4. The topological polar surface area (TPSA) is 190 Å². The number of carbonyl (C=O) groups is 4. The molecule has 0 rings (SSSR count). The highest BCUT2D eigenvalue weighted by atomic mass is 16.4. The Bertz CT molecular complexity index is 410. The zero-order chi connectivity index (χ0) is 26.5. The van der Waals surface area contributed by atoms with Crippen LogP contribution in [0, 0.1) is 0 Å². The first-order valence-electron chi connectivity index (χ1n) is 12.3. The molecule has 0 aromatic rings. The summed E-state index contributed by atoms with van der Waals surface area (Å²) in [6, 6.07) is 0. The maximum absolute atomic E-state index is 10.1. The van der Waals surface area contributed by atoms with Crippen molar-refractivity contribution < 1.29 is 49.8 Å². The molecule has 0 heterocycles. The van der Waals surface area contributed by atoms with E-state index in [9.17, 15) is 19.2 Å². The first-order chi connectivity index (χ1) is 16.2. The van der Waals surface area contributed by atoms with E-state index in [0.717, 1.165) is 89.9 Å². The van der Waals surface area contributed by atoms with Gasteiger partial charge in [-0.05, 0) is 38.5 Å². The second-order valence-corrected chi connectivity index (χ2v) is 7.97. The molecule has 0 saturated heterocycles. The van der Waals surface area contributed by atoms with Crippen molar-refractivity contribution in [3.63, 3.8) is 0 Å². The van der Waals surface area contributed by atoms with Crippen LogP contribution in [0.3, 0.4) is 0 Å². The van der Waals surface area contributed by atoms with Crippen LogP contribution in [0.15, 0.2) is 0 Å². The van der Waals surface area contributed by atoms with E-state index in [-0.39, 0.29) is 38.9 Å². The van der Waals surface area contributed by atoms with E-state index < -0.39 is 23.9 Å². The summed E-state index contributed by atoms with van der Waals surface area (Å²) in [7, 11) is 0. The number of aliphatic hydroxyl groups is 2. The summed E-state index contributed by atoms with van der Waals surface area (Å²) >= 11 is 0. The lowest BCUT2D eigenvalue weighted by molar-refractivity contribution is -0.138. The first-order valence-corrected chi connectivity index (χ1v) is 12.3. The molecule has 0 fully saturated rings. The number of unbranched alkanes of at least 4 members (excludes halogenated alkanes) is 11. The Labute approximate surface area is 203 Å². The molecule has 202 valence electrons. The Morgan fingerprint density at radius 1 is 0.324 bits per heavy atom. The molecule has 10 nitrogen and oxygen atoms in total. The molecule has 6 N–H and O–H groups in total. The van der Waals surface area contributed by atoms with Crippen LogP contribution in [0.1, 0.15) is 116 Å². The Morgan fingerprint density at radius 2 is 0.500 bits per heavy atom. The molecule has 0 atom stereocenters. The zero-order valence-corrected chi connectivity index (χ0v) is 20.5. The van der Waals surface area contributed by atoms with Gasteiger partial charge in [0.1, 0.15) is 0 Å². The molecule has 10 heteroatoms. The highest BCUT2D eigenvalue weighted by Gasteiger charge is 1.99. The predicted octanol–water partition coefficient (Wildman–Crippen LogP) is 4.30. The van der Waals surface area contributed by atoms with Gasteiger partial charge in [-0.1, -0.05) is 51.4 Å². The van der Waals surface area contributed by atoms with Crippen LogP contribution in [0.2, 0.25) is 0 Å². The molecule has 0 aliphatic rings. The van der Waals surface area contributed by atoms with Crippen LogP contribution in [-0.4, -0.2) is 67.7 Å². The van der Waals surface area contributed by atoms with Gasteiger partial charge in [-0.2, -0.15) is 0 Å². The van der Waals surface area contributed by atoms with Gasteiger partial charge in [-0.15, -0.1) is 0 Å². The Kier molecular flexibility index (Phi) is 32.9. The van der Waals surface area contributed by atoms with Crippen LogP contribution in [0.5, 0.6) is 0 Å². The van der Waals surface area contributed by atoms with Crippen molar-refractivity contribution in [1.29, 1.82) is 0 Å². The normalized spacial score (nSPS) is 9.82. The Hall–Kier alpha value is -2.20. The van der Waals surface area contributed by atoms with Gasteiger partial charge >= 0.3 is 23.9 Å². The summed E-state index contributed by atoms with van der Waals surface area (Å²) in [5, 5.41) is 49.6. The lowest BCUT2D eigenvalue weighted by atomic mass is 10.1. The van der Waals surface area contributed by atoms with Crippen molar-refractivity contribution in [2.45, 2.75) is 116 Å². The van der Waals surface area contributed by atoms with E-state index in [0.29, 0.717) is 0 Å². The van der Waals surface area contributed by atoms with E-state index in [4.69, 9.17) is 30.6 Å². The summed E-state index contributed by atoms with van der Waals surface area (Å²) in [5.41, 5.74) is 0. The fourth-order valence-electron chi connectivity index (χ4n) is 2.74. The minimum atomic E-state index is -0.740. The maximum Gasteiger partial charge on any atom is 0.303 e. The molecule has 0 spiro atoms. The van der Waals surface area contributed by atoms with Crippen molar-refractivity contribution in [3.05, 3.63) is 0 Å². The van der Waals surface area contributed by atoms with Gasteiger partial charge in [0.15, 0.2) is 0 Å². The summed E-state index contributed by atoms with van der Waals surface area (Å²) in [6.07, 6.45) is 13.1. The fourth-order valence-corrected chi connectivity index (χ4v) is 2.74. The quantitative estimate of drug-likeness (QED) is 0.125. The van der Waals surface area contributed by atoms with E-state index in [1.807, 2.05) is 0 Å². The third kappa shape index (κ3) is 47.5. The number of aliphatic carboxylic acids is 4. The van der Waals surface area contributed by atoms with E-state index in [1.54, 1.807) is 0 Å². The average molecular weight is 495 g/mol. The Morgan fingerprint density at radius 3 is 0.647 bits per heavy atom. The third-order valence-electron chi connectivity index (χ3n) is 4.63. The van der Waals surface area contributed by atoms with Crippen LogP contribution in [0.4, 0.5) is 0 Å². The summed E-state index contributed by atoms with van der Waals surface area (Å²) < 4.78 is 0. The van der Waals surface area contributed by atoms with E-state index in [1.165, 1.54) is 0 Å². The summed E-state index contributed by atoms with van der Waals surface area (Å²) in [5.74, 6) is -2.96. The van der Waals surface area contributed by atoms with Crippen LogP contribution >= 0.6 is 0 Å². The molecule has 0 aromatic heterocycles. The van der Waals surface area contributed by atoms with Crippen molar-refractivity contribution in [2.24, 2.45) is 0 Å². The van der Waals surface area contributed by atoms with Gasteiger partial charge < -0.3 is 30.6 Å². The minimum Gasteiger partial charge on any atom is -0.481 e. The summed E-state index contributed by atoms with van der Waals surface area (Å²) in [4.78, 5) is 40.6. The fraction of sp³-hybridized carbons (Fsp3) is 0.833. The van der Waals surface area contributed by atoms with Gasteiger partial charge in [-0.25, -0.2) is 0 Å². The monoisotopic (exact) mass is 494 g/mol. The first kappa shape index (κ1) is 36.4. The summed E-state index contributed by atoms with van der Waals surface area (Å²) in [6.45, 7) is 0.390. The van der Waals surface area contributed by atoms with Crippen molar-refractivity contribution >= 4 is 23.9 Å². The van der Waals surface area contributed by atoms with Crippen LogP contribution < -0.4 is 0 Å². The SMILES string of the molecule is O=C(O)CCCCCCCCC(=O)O.O=C(O)CCCCCCCCC(=O)O.OCCCCO. The number of rotatable bonds is 21. The molecule has 34 heavy (non-hydrogen) atoms. The number of hydrogen-bond acceptors (Lipinski definition) is 6. The largest absolute Gasteiger partial charge is 0.481 e. The highest BCUT2D eigenvalue weighted by molar-refractivity contribution is 5.67. The van der Waals surface area contributed by atoms with Gasteiger partial charge in [0.2, 0.25) is 0 Å². The molecule has 0 radical (unpaired) electrons. The zero-order valence-electron chi connectivity index (χ0n) is 20.5. The molecular weight excluding hydrogens is 448 g/mol. The van der Waals surface area contributed by atoms with Crippen molar-refractivity contribution in [2.75, 3.05) is 13.2 Å².